The van der Waals surface area contributed by atoms with Crippen molar-refractivity contribution in [2.75, 3.05) is 26.2 Å². The van der Waals surface area contributed by atoms with Gasteiger partial charge in [0.25, 0.3) is 0 Å². The predicted molar refractivity (Wildman–Crippen MR) is 76.0 cm³/mol. The van der Waals surface area contributed by atoms with Crippen LogP contribution < -0.4 is 5.32 Å². The summed E-state index contributed by atoms with van der Waals surface area (Å²) < 4.78 is 40.5. The first-order chi connectivity index (χ1) is 9.77. The van der Waals surface area contributed by atoms with Crippen LogP contribution in [0.5, 0.6) is 0 Å². The van der Waals surface area contributed by atoms with E-state index in [9.17, 15) is 13.2 Å². The van der Waals surface area contributed by atoms with Crippen molar-refractivity contribution in [3.8, 4) is 0 Å². The summed E-state index contributed by atoms with van der Waals surface area (Å²) in [5, 5.41) is 3.54. The van der Waals surface area contributed by atoms with E-state index in [1.807, 2.05) is 0 Å². The number of piperazine rings is 1. The second-order valence-electron chi connectivity index (χ2n) is 6.99. The minimum absolute atomic E-state index is 0.0522. The summed E-state index contributed by atoms with van der Waals surface area (Å²) in [6.45, 7) is 5.91. The van der Waals surface area contributed by atoms with Gasteiger partial charge in [0.1, 0.15) is 0 Å². The molecule has 1 heterocycles. The van der Waals surface area contributed by atoms with Crippen molar-refractivity contribution in [3.63, 3.8) is 0 Å². The Morgan fingerprint density at radius 3 is 2.48 bits per heavy atom. The molecule has 1 saturated heterocycles. The SMILES string of the molecule is CC1(C)CN(CCOC(F)(F)F)C(C2CCCCC2)CN1. The predicted octanol–water partition coefficient (Wildman–Crippen LogP) is 3.16. The molecule has 1 N–H and O–H groups in total. The quantitative estimate of drug-likeness (QED) is 0.863. The molecule has 2 fully saturated rings. The third-order valence-corrected chi connectivity index (χ3v) is 4.70. The zero-order valence-corrected chi connectivity index (χ0v) is 13.0. The molecule has 0 spiro atoms. The molecule has 1 aliphatic heterocycles. The molecule has 3 nitrogen and oxygen atoms in total. The van der Waals surface area contributed by atoms with Gasteiger partial charge in [-0.3, -0.25) is 9.64 Å². The molecule has 1 saturated carbocycles. The van der Waals surface area contributed by atoms with Crippen LogP contribution in [-0.2, 0) is 4.74 Å². The fourth-order valence-electron chi connectivity index (χ4n) is 3.70. The summed E-state index contributed by atoms with van der Waals surface area (Å²) >= 11 is 0. The highest BCUT2D eigenvalue weighted by atomic mass is 19.4. The molecule has 2 aliphatic rings. The van der Waals surface area contributed by atoms with Gasteiger partial charge in [0.2, 0.25) is 0 Å². The van der Waals surface area contributed by atoms with Crippen LogP contribution in [-0.4, -0.2) is 49.1 Å². The number of nitrogens with one attached hydrogen (secondary N) is 1. The molecular formula is C15H27F3N2O. The van der Waals surface area contributed by atoms with Crippen molar-refractivity contribution in [2.24, 2.45) is 5.92 Å². The zero-order chi connectivity index (χ0) is 15.5. The normalized spacial score (nSPS) is 28.7. The van der Waals surface area contributed by atoms with Crippen molar-refractivity contribution in [3.05, 3.63) is 0 Å². The molecule has 1 atom stereocenters. The number of alkyl halides is 3. The Hall–Kier alpha value is -0.330. The van der Waals surface area contributed by atoms with E-state index >= 15 is 0 Å². The van der Waals surface area contributed by atoms with Gasteiger partial charge < -0.3 is 5.32 Å². The summed E-state index contributed by atoms with van der Waals surface area (Å²) in [6, 6.07) is 0.343. The first-order valence-corrected chi connectivity index (χ1v) is 7.97. The maximum Gasteiger partial charge on any atom is 0.522 e. The molecule has 0 radical (unpaired) electrons. The third-order valence-electron chi connectivity index (χ3n) is 4.70. The molecule has 1 aliphatic carbocycles. The van der Waals surface area contributed by atoms with Gasteiger partial charge in [-0.25, -0.2) is 0 Å². The van der Waals surface area contributed by atoms with Crippen LogP contribution in [0.1, 0.15) is 46.0 Å². The minimum atomic E-state index is -4.52. The Labute approximate surface area is 125 Å². The Morgan fingerprint density at radius 2 is 1.86 bits per heavy atom. The van der Waals surface area contributed by atoms with Gasteiger partial charge in [0, 0.05) is 31.2 Å². The van der Waals surface area contributed by atoms with Gasteiger partial charge in [-0.15, -0.1) is 13.2 Å². The molecule has 6 heteroatoms. The lowest BCUT2D eigenvalue weighted by Crippen LogP contribution is -2.64. The maximum atomic E-state index is 12.2. The highest BCUT2D eigenvalue weighted by Gasteiger charge is 2.37. The second-order valence-corrected chi connectivity index (χ2v) is 6.99. The number of ether oxygens (including phenoxy) is 1. The highest BCUT2D eigenvalue weighted by molar-refractivity contribution is 4.95. The van der Waals surface area contributed by atoms with E-state index in [1.165, 1.54) is 32.1 Å². The summed E-state index contributed by atoms with van der Waals surface area (Å²) in [6.07, 6.45) is 1.66. The molecule has 0 aromatic rings. The molecule has 124 valence electrons. The Balaban J connectivity index is 1.93. The number of halogens is 3. The number of hydrogen-bond donors (Lipinski definition) is 1. The topological polar surface area (TPSA) is 24.5 Å². The lowest BCUT2D eigenvalue weighted by atomic mass is 9.81. The third kappa shape index (κ3) is 5.42. The van der Waals surface area contributed by atoms with Crippen LogP contribution in [0.15, 0.2) is 0 Å². The Kier molecular flexibility index (Phi) is 5.54. The lowest BCUT2D eigenvalue weighted by molar-refractivity contribution is -0.325. The number of hydrogen-bond acceptors (Lipinski definition) is 3. The van der Waals surface area contributed by atoms with Gasteiger partial charge in [-0.2, -0.15) is 0 Å². The average Bonchev–Trinajstić information content (AvgIpc) is 2.37. The van der Waals surface area contributed by atoms with Crippen molar-refractivity contribution in [1.82, 2.24) is 10.2 Å². The van der Waals surface area contributed by atoms with Crippen LogP contribution in [0.2, 0.25) is 0 Å². The molecule has 1 unspecified atom stereocenters. The minimum Gasteiger partial charge on any atom is -0.309 e. The maximum absolute atomic E-state index is 12.2. The summed E-state index contributed by atoms with van der Waals surface area (Å²) in [4.78, 5) is 2.21. The Bertz CT molecular complexity index is 327. The fourth-order valence-corrected chi connectivity index (χ4v) is 3.70. The fraction of sp³-hybridized carbons (Fsp3) is 1.00. The number of rotatable bonds is 4. The highest BCUT2D eigenvalue weighted by Crippen LogP contribution is 2.31. The van der Waals surface area contributed by atoms with Crippen molar-refractivity contribution < 1.29 is 17.9 Å². The summed E-state index contributed by atoms with van der Waals surface area (Å²) in [7, 11) is 0. The van der Waals surface area contributed by atoms with E-state index < -0.39 is 6.36 Å². The molecule has 21 heavy (non-hydrogen) atoms. The standard InChI is InChI=1S/C15H27F3N2O/c1-14(2)11-20(8-9-21-15(16,17)18)13(10-19-14)12-6-4-3-5-7-12/h12-13,19H,3-11H2,1-2H3. The zero-order valence-electron chi connectivity index (χ0n) is 13.0. The van der Waals surface area contributed by atoms with E-state index in [-0.39, 0.29) is 12.1 Å². The largest absolute Gasteiger partial charge is 0.522 e. The van der Waals surface area contributed by atoms with E-state index in [2.05, 4.69) is 28.8 Å². The number of nitrogens with zero attached hydrogens (tertiary/aromatic N) is 1. The first kappa shape index (κ1) is 17.0. The van der Waals surface area contributed by atoms with Crippen molar-refractivity contribution >= 4 is 0 Å². The smallest absolute Gasteiger partial charge is 0.309 e. The first-order valence-electron chi connectivity index (χ1n) is 7.97. The lowest BCUT2D eigenvalue weighted by Gasteiger charge is -2.48. The molecular weight excluding hydrogens is 281 g/mol. The van der Waals surface area contributed by atoms with Gasteiger partial charge >= 0.3 is 6.36 Å². The van der Waals surface area contributed by atoms with Gasteiger partial charge in [-0.05, 0) is 32.6 Å². The van der Waals surface area contributed by atoms with Crippen molar-refractivity contribution in [1.29, 1.82) is 0 Å². The average molecular weight is 308 g/mol. The van der Waals surface area contributed by atoms with Gasteiger partial charge in [-0.1, -0.05) is 19.3 Å². The van der Waals surface area contributed by atoms with E-state index in [4.69, 9.17) is 0 Å². The van der Waals surface area contributed by atoms with Crippen molar-refractivity contribution in [2.45, 2.75) is 63.9 Å². The second kappa shape index (κ2) is 6.84. The molecule has 0 bridgehead atoms. The van der Waals surface area contributed by atoms with E-state index in [0.717, 1.165) is 13.1 Å². The van der Waals surface area contributed by atoms with Crippen LogP contribution in [0.3, 0.4) is 0 Å². The molecule has 0 aromatic heterocycles. The van der Waals surface area contributed by atoms with Crippen LogP contribution in [0.4, 0.5) is 13.2 Å². The van der Waals surface area contributed by atoms with E-state index in [0.29, 0.717) is 18.5 Å². The van der Waals surface area contributed by atoms with Gasteiger partial charge in [0.15, 0.2) is 0 Å². The monoisotopic (exact) mass is 308 g/mol. The van der Waals surface area contributed by atoms with Crippen LogP contribution >= 0.6 is 0 Å². The molecule has 0 aromatic carbocycles. The summed E-state index contributed by atoms with van der Waals surface area (Å²) in [5.74, 6) is 0.605. The van der Waals surface area contributed by atoms with E-state index in [1.54, 1.807) is 0 Å². The Morgan fingerprint density at radius 1 is 1.19 bits per heavy atom. The molecule has 2 rings (SSSR count). The van der Waals surface area contributed by atoms with Crippen LogP contribution in [0, 0.1) is 5.92 Å². The van der Waals surface area contributed by atoms with Gasteiger partial charge in [0.05, 0.1) is 6.61 Å². The molecule has 0 amide bonds. The summed E-state index contributed by atoms with van der Waals surface area (Å²) in [5.41, 5.74) is -0.0522. The van der Waals surface area contributed by atoms with Crippen LogP contribution in [0.25, 0.3) is 0 Å².